The molecule has 0 saturated carbocycles. The molecule has 0 N–H and O–H groups in total. The average molecular weight is 473 g/mol. The van der Waals surface area contributed by atoms with Crippen LogP contribution in [0.15, 0.2) is 85.1 Å². The van der Waals surface area contributed by atoms with Crippen LogP contribution in [-0.2, 0) is 0 Å². The average Bonchev–Trinajstić information content (AvgIpc) is 2.85. The van der Waals surface area contributed by atoms with Crippen LogP contribution in [0.1, 0.15) is 6.92 Å². The van der Waals surface area contributed by atoms with Gasteiger partial charge in [0.25, 0.3) is 0 Å². The van der Waals surface area contributed by atoms with Gasteiger partial charge in [-0.05, 0) is 55.5 Å². The highest BCUT2D eigenvalue weighted by Crippen LogP contribution is 2.37. The molecule has 1 heterocycles. The Bertz CT molecular complexity index is 1370. The molecule has 0 bridgehead atoms. The van der Waals surface area contributed by atoms with Crippen molar-refractivity contribution in [2.45, 2.75) is 6.92 Å². The summed E-state index contributed by atoms with van der Waals surface area (Å²) >= 11 is 5.33. The van der Waals surface area contributed by atoms with Crippen LogP contribution in [0.2, 0.25) is 0 Å². The number of amides is 1. The maximum Gasteiger partial charge on any atom is 0.443 e. The number of aromatic nitrogens is 1. The lowest BCUT2D eigenvalue weighted by Gasteiger charge is -2.26. The molecule has 4 rings (SSSR count). The summed E-state index contributed by atoms with van der Waals surface area (Å²) in [6.45, 7) is 2.98. The van der Waals surface area contributed by atoms with Crippen molar-refractivity contribution in [3.63, 3.8) is 0 Å². The second-order valence-corrected chi connectivity index (χ2v) is 8.55. The van der Waals surface area contributed by atoms with Crippen molar-refractivity contribution < 1.29 is 9.63 Å². The van der Waals surface area contributed by atoms with Gasteiger partial charge < -0.3 is 14.6 Å². The number of benzene rings is 3. The second kappa shape index (κ2) is 9.97. The number of pyridine rings is 1. The van der Waals surface area contributed by atoms with Crippen molar-refractivity contribution in [3.05, 3.63) is 89.7 Å². The molecule has 0 aliphatic carbocycles. The minimum absolute atomic E-state index is 0.406. The molecule has 0 unspecified atom stereocenters. The van der Waals surface area contributed by atoms with Crippen molar-refractivity contribution in [1.82, 2.24) is 4.73 Å². The van der Waals surface area contributed by atoms with Gasteiger partial charge in [0.15, 0.2) is 0 Å². The monoisotopic (exact) mass is 472 g/mol. The van der Waals surface area contributed by atoms with E-state index in [1.54, 1.807) is 29.3 Å². The molecule has 6 nitrogen and oxygen atoms in total. The molecule has 0 saturated heterocycles. The van der Waals surface area contributed by atoms with Crippen molar-refractivity contribution in [2.24, 2.45) is 0 Å². The smallest absolute Gasteiger partial charge is 0.377 e. The molecule has 0 spiro atoms. The van der Waals surface area contributed by atoms with E-state index in [1.165, 1.54) is 4.73 Å². The molecule has 0 atom stereocenters. The summed E-state index contributed by atoms with van der Waals surface area (Å²) in [6.07, 6.45) is 1.08. The van der Waals surface area contributed by atoms with Crippen LogP contribution < -0.4 is 19.5 Å². The molecule has 3 aromatic carbocycles. The molecule has 0 aliphatic heterocycles. The van der Waals surface area contributed by atoms with E-state index >= 15 is 0 Å². The normalized spacial score (nSPS) is 10.7. The molecule has 4 aromatic rings. The van der Waals surface area contributed by atoms with Crippen LogP contribution in [0.3, 0.4) is 0 Å². The predicted octanol–water partition coefficient (Wildman–Crippen LogP) is 6.28. The lowest BCUT2D eigenvalue weighted by molar-refractivity contribution is 0.140. The van der Waals surface area contributed by atoms with E-state index in [0.717, 1.165) is 34.4 Å². The fraction of sp³-hybridized carbons (Fsp3) is 0.185. The Morgan fingerprint density at radius 2 is 1.41 bits per heavy atom. The molecular formula is C27H28N4O2S. The minimum Gasteiger partial charge on any atom is -0.377 e. The molecule has 0 aliphatic rings. The van der Waals surface area contributed by atoms with Crippen LogP contribution in [0.25, 0.3) is 10.8 Å². The Balaban J connectivity index is 1.86. The first-order valence-corrected chi connectivity index (χ1v) is 11.5. The van der Waals surface area contributed by atoms with Gasteiger partial charge in [-0.1, -0.05) is 42.5 Å². The first kappa shape index (κ1) is 23.3. The summed E-state index contributed by atoms with van der Waals surface area (Å²) < 4.78 is 1.71. The predicted molar refractivity (Wildman–Crippen MR) is 143 cm³/mol. The largest absolute Gasteiger partial charge is 0.443 e. The Morgan fingerprint density at radius 1 is 0.824 bits per heavy atom. The van der Waals surface area contributed by atoms with Crippen molar-refractivity contribution in [2.75, 3.05) is 42.4 Å². The molecule has 1 amide bonds. The van der Waals surface area contributed by atoms with Gasteiger partial charge in [0.2, 0.25) is 0 Å². The van der Waals surface area contributed by atoms with Crippen LogP contribution in [0, 0.1) is 4.64 Å². The van der Waals surface area contributed by atoms with Crippen LogP contribution >= 0.6 is 12.2 Å². The Kier molecular flexibility index (Phi) is 6.84. The second-order valence-electron chi connectivity index (χ2n) is 8.13. The third-order valence-corrected chi connectivity index (χ3v) is 6.09. The summed E-state index contributed by atoms with van der Waals surface area (Å²) in [5, 5.41) is 1.98. The third kappa shape index (κ3) is 4.61. The van der Waals surface area contributed by atoms with Gasteiger partial charge >= 0.3 is 6.09 Å². The maximum absolute atomic E-state index is 13.6. The van der Waals surface area contributed by atoms with E-state index in [-0.39, 0.29) is 0 Å². The summed E-state index contributed by atoms with van der Waals surface area (Å²) in [4.78, 5) is 25.1. The highest BCUT2D eigenvalue weighted by atomic mass is 32.1. The number of rotatable bonds is 6. The lowest BCUT2D eigenvalue weighted by Crippen LogP contribution is -2.34. The first-order chi connectivity index (χ1) is 16.4. The van der Waals surface area contributed by atoms with Crippen molar-refractivity contribution in [1.29, 1.82) is 0 Å². The van der Waals surface area contributed by atoms with Gasteiger partial charge in [0.1, 0.15) is 4.64 Å². The SMILES string of the molecule is CCN(C)c1ccc(N(C(=O)On2ccccc2=S)c2ccc(N(C)C)c3ccccc23)cc1. The number of anilines is 4. The highest BCUT2D eigenvalue weighted by molar-refractivity contribution is 7.71. The standard InChI is InChI=1S/C27H28N4O2S/c1-5-29(4)20-13-15-21(16-14-20)31(27(32)33-30-19-9-8-12-26(30)34)25-18-17-24(28(2)3)22-10-6-7-11-23(22)25/h6-19H,5H2,1-4H3. The molecule has 7 heteroatoms. The first-order valence-electron chi connectivity index (χ1n) is 11.1. The minimum atomic E-state index is -0.554. The Hall–Kier alpha value is -3.84. The van der Waals surface area contributed by atoms with Gasteiger partial charge in [-0.25, -0.2) is 9.69 Å². The van der Waals surface area contributed by atoms with E-state index < -0.39 is 6.09 Å². The van der Waals surface area contributed by atoms with Crippen LogP contribution in [0.5, 0.6) is 0 Å². The maximum atomic E-state index is 13.6. The van der Waals surface area contributed by atoms with Crippen LogP contribution in [0.4, 0.5) is 27.5 Å². The summed E-state index contributed by atoms with van der Waals surface area (Å²) in [6, 6.07) is 25.2. The fourth-order valence-electron chi connectivity index (χ4n) is 3.85. The number of carbonyl (C=O) groups excluding carboxylic acids is 1. The Morgan fingerprint density at radius 3 is 2.03 bits per heavy atom. The van der Waals surface area contributed by atoms with Crippen molar-refractivity contribution in [3.8, 4) is 0 Å². The molecule has 0 radical (unpaired) electrons. The summed E-state index contributed by atoms with van der Waals surface area (Å²) in [5.74, 6) is 0. The van der Waals surface area contributed by atoms with Gasteiger partial charge in [0.05, 0.1) is 11.4 Å². The van der Waals surface area contributed by atoms with E-state index in [0.29, 0.717) is 10.3 Å². The van der Waals surface area contributed by atoms with E-state index in [2.05, 4.69) is 22.8 Å². The molecule has 174 valence electrons. The fourth-order valence-corrected chi connectivity index (χ4v) is 4.02. The van der Waals surface area contributed by atoms with Crippen LogP contribution in [-0.4, -0.2) is 38.5 Å². The zero-order chi connectivity index (χ0) is 24.2. The lowest BCUT2D eigenvalue weighted by atomic mass is 10.0. The molecular weight excluding hydrogens is 444 g/mol. The van der Waals surface area contributed by atoms with E-state index in [1.807, 2.05) is 75.7 Å². The van der Waals surface area contributed by atoms with Gasteiger partial charge in [-0.2, -0.15) is 4.73 Å². The van der Waals surface area contributed by atoms with Gasteiger partial charge in [0, 0.05) is 56.0 Å². The third-order valence-electron chi connectivity index (χ3n) is 5.77. The topological polar surface area (TPSA) is 41.0 Å². The zero-order valence-corrected chi connectivity index (χ0v) is 20.6. The summed E-state index contributed by atoms with van der Waals surface area (Å²) in [5.41, 5.74) is 3.56. The van der Waals surface area contributed by atoms with Gasteiger partial charge in [-0.15, -0.1) is 0 Å². The quantitative estimate of drug-likeness (QED) is 0.309. The number of fused-ring (bicyclic) bond motifs is 1. The van der Waals surface area contributed by atoms with Crippen molar-refractivity contribution >= 4 is 51.8 Å². The summed E-state index contributed by atoms with van der Waals surface area (Å²) in [7, 11) is 6.05. The van der Waals surface area contributed by atoms with Gasteiger partial charge in [-0.3, -0.25) is 0 Å². The molecule has 1 aromatic heterocycles. The molecule has 0 fully saturated rings. The van der Waals surface area contributed by atoms with E-state index in [4.69, 9.17) is 17.1 Å². The number of hydrogen-bond acceptors (Lipinski definition) is 5. The number of hydrogen-bond donors (Lipinski definition) is 0. The highest BCUT2D eigenvalue weighted by Gasteiger charge is 2.24. The number of carbonyl (C=O) groups is 1. The molecule has 34 heavy (non-hydrogen) atoms. The zero-order valence-electron chi connectivity index (χ0n) is 19.8. The Labute approximate surface area is 205 Å². The van der Waals surface area contributed by atoms with E-state index in [9.17, 15) is 4.79 Å². The number of nitrogens with zero attached hydrogens (tertiary/aromatic N) is 4.